The molecule has 1 heterocycles. The molecule has 1 fully saturated rings. The van der Waals surface area contributed by atoms with Gasteiger partial charge in [0.2, 0.25) is 5.91 Å². The number of hydrogen-bond acceptors (Lipinski definition) is 6. The lowest BCUT2D eigenvalue weighted by Gasteiger charge is -2.21. The smallest absolute Gasteiger partial charge is 0.332 e. The molecule has 9 nitrogen and oxygen atoms in total. The monoisotopic (exact) mass is 455 g/mol. The molecule has 0 unspecified atom stereocenters. The number of carbonyl (C=O) groups is 3. The summed E-state index contributed by atoms with van der Waals surface area (Å²) in [6, 6.07) is 12.2. The van der Waals surface area contributed by atoms with Crippen molar-refractivity contribution in [2.45, 2.75) is 25.8 Å². The molecule has 3 rings (SSSR count). The van der Waals surface area contributed by atoms with Crippen molar-refractivity contribution in [1.29, 1.82) is 0 Å². The van der Waals surface area contributed by atoms with Crippen LogP contribution >= 0.6 is 0 Å². The van der Waals surface area contributed by atoms with Gasteiger partial charge in [-0.1, -0.05) is 13.0 Å². The number of methoxy groups -OCH3 is 2. The third-order valence-electron chi connectivity index (χ3n) is 5.16. The third kappa shape index (κ3) is 5.81. The Balaban J connectivity index is 1.74. The van der Waals surface area contributed by atoms with Crippen molar-refractivity contribution in [3.63, 3.8) is 0 Å². The van der Waals surface area contributed by atoms with E-state index in [0.717, 1.165) is 11.3 Å². The molecule has 1 aliphatic rings. The average molecular weight is 456 g/mol. The van der Waals surface area contributed by atoms with Gasteiger partial charge in [0.15, 0.2) is 0 Å². The molecule has 9 heteroatoms. The highest BCUT2D eigenvalue weighted by molar-refractivity contribution is 6.22. The highest BCUT2D eigenvalue weighted by atomic mass is 16.5. The second-order valence-corrected chi connectivity index (χ2v) is 7.48. The van der Waals surface area contributed by atoms with Gasteiger partial charge in [0, 0.05) is 25.4 Å². The molecule has 0 bridgehead atoms. The first kappa shape index (κ1) is 24.1. The zero-order valence-corrected chi connectivity index (χ0v) is 19.1. The third-order valence-corrected chi connectivity index (χ3v) is 5.16. The van der Waals surface area contributed by atoms with Crippen molar-refractivity contribution in [3.8, 4) is 11.5 Å². The summed E-state index contributed by atoms with van der Waals surface area (Å²) in [5, 5.41) is 2.78. The first-order valence-electron chi connectivity index (χ1n) is 10.8. The zero-order chi connectivity index (χ0) is 23.8. The number of nitrogens with zero attached hydrogens (tertiary/aromatic N) is 2. The second-order valence-electron chi connectivity index (χ2n) is 7.48. The lowest BCUT2D eigenvalue weighted by Crippen LogP contribution is -2.39. The van der Waals surface area contributed by atoms with Crippen LogP contribution in [0.5, 0.6) is 11.5 Å². The van der Waals surface area contributed by atoms with Crippen LogP contribution in [0.25, 0.3) is 0 Å². The molecule has 33 heavy (non-hydrogen) atoms. The fraction of sp³-hybridized carbons (Fsp3) is 0.375. The maximum atomic E-state index is 13.2. The number of hydrogen-bond donors (Lipinski definition) is 1. The van der Waals surface area contributed by atoms with E-state index in [9.17, 15) is 14.4 Å². The highest BCUT2D eigenvalue weighted by Crippen LogP contribution is 2.29. The van der Waals surface area contributed by atoms with Crippen LogP contribution in [-0.2, 0) is 14.3 Å². The number of rotatable bonds is 11. The highest BCUT2D eigenvalue weighted by Gasteiger charge is 2.46. The van der Waals surface area contributed by atoms with E-state index < -0.39 is 18.0 Å². The van der Waals surface area contributed by atoms with E-state index in [0.29, 0.717) is 29.5 Å². The van der Waals surface area contributed by atoms with Crippen LogP contribution in [0.1, 0.15) is 19.8 Å². The van der Waals surface area contributed by atoms with E-state index in [1.54, 1.807) is 48.5 Å². The van der Waals surface area contributed by atoms with E-state index >= 15 is 0 Å². The lowest BCUT2D eigenvalue weighted by atomic mass is 10.1. The Morgan fingerprint density at radius 2 is 1.79 bits per heavy atom. The van der Waals surface area contributed by atoms with Crippen LogP contribution in [0.15, 0.2) is 48.5 Å². The Hall–Kier alpha value is -3.59. The van der Waals surface area contributed by atoms with Crippen LogP contribution < -0.4 is 19.7 Å². The fourth-order valence-corrected chi connectivity index (χ4v) is 3.51. The van der Waals surface area contributed by atoms with E-state index in [2.05, 4.69) is 5.32 Å². The quantitative estimate of drug-likeness (QED) is 0.522. The Bertz CT molecular complexity index is 978. The van der Waals surface area contributed by atoms with Crippen LogP contribution in [0.2, 0.25) is 0 Å². The van der Waals surface area contributed by atoms with Crippen molar-refractivity contribution in [2.75, 3.05) is 44.2 Å². The molecular formula is C24H29N3O6. The summed E-state index contributed by atoms with van der Waals surface area (Å²) in [5.41, 5.74) is 0.964. The largest absolute Gasteiger partial charge is 0.497 e. The average Bonchev–Trinajstić information content (AvgIpc) is 3.05. The fourth-order valence-electron chi connectivity index (χ4n) is 3.51. The minimum Gasteiger partial charge on any atom is -0.497 e. The molecule has 1 N–H and O–H groups in total. The van der Waals surface area contributed by atoms with Crippen molar-refractivity contribution < 1.29 is 28.6 Å². The maximum absolute atomic E-state index is 13.2. The molecule has 0 spiro atoms. The van der Waals surface area contributed by atoms with E-state index in [4.69, 9.17) is 14.2 Å². The van der Waals surface area contributed by atoms with Gasteiger partial charge in [0.25, 0.3) is 5.91 Å². The predicted octanol–water partition coefficient (Wildman–Crippen LogP) is 3.30. The van der Waals surface area contributed by atoms with Crippen LogP contribution in [0.3, 0.4) is 0 Å². The molecule has 1 aliphatic heterocycles. The zero-order valence-electron chi connectivity index (χ0n) is 19.1. The van der Waals surface area contributed by atoms with Gasteiger partial charge < -0.3 is 24.4 Å². The molecule has 0 radical (unpaired) electrons. The molecule has 0 aromatic heterocycles. The lowest BCUT2D eigenvalue weighted by molar-refractivity contribution is -0.124. The molecule has 1 atom stereocenters. The van der Waals surface area contributed by atoms with Gasteiger partial charge >= 0.3 is 6.03 Å². The number of imide groups is 1. The van der Waals surface area contributed by atoms with Gasteiger partial charge in [0.1, 0.15) is 17.5 Å². The van der Waals surface area contributed by atoms with E-state index in [-0.39, 0.29) is 25.5 Å². The number of urea groups is 1. The molecular weight excluding hydrogens is 426 g/mol. The van der Waals surface area contributed by atoms with Crippen molar-refractivity contribution in [2.24, 2.45) is 0 Å². The van der Waals surface area contributed by atoms with Gasteiger partial charge in [-0.05, 0) is 42.8 Å². The normalized spacial score (nSPS) is 15.7. The molecule has 2 aromatic rings. The summed E-state index contributed by atoms with van der Waals surface area (Å²) in [7, 11) is 3.02. The number of nitrogens with one attached hydrogen (secondary N) is 1. The maximum Gasteiger partial charge on any atom is 0.332 e. The van der Waals surface area contributed by atoms with Gasteiger partial charge in [-0.3, -0.25) is 9.59 Å². The summed E-state index contributed by atoms with van der Waals surface area (Å²) in [6.07, 6.45) is 0.724. The Morgan fingerprint density at radius 1 is 1.03 bits per heavy atom. The topological polar surface area (TPSA) is 97.4 Å². The minimum absolute atomic E-state index is 0.178. The first-order valence-corrected chi connectivity index (χ1v) is 10.8. The van der Waals surface area contributed by atoms with E-state index in [1.807, 2.05) is 6.92 Å². The Labute approximate surface area is 193 Å². The van der Waals surface area contributed by atoms with Gasteiger partial charge in [0.05, 0.1) is 32.4 Å². The Morgan fingerprint density at radius 3 is 2.45 bits per heavy atom. The summed E-state index contributed by atoms with van der Waals surface area (Å²) < 4.78 is 15.8. The van der Waals surface area contributed by atoms with Crippen molar-refractivity contribution >= 4 is 29.2 Å². The molecule has 0 aliphatic carbocycles. The molecule has 0 saturated carbocycles. The number of carbonyl (C=O) groups excluding carboxylic acids is 3. The first-order chi connectivity index (χ1) is 16.0. The number of amides is 4. The van der Waals surface area contributed by atoms with Crippen molar-refractivity contribution in [3.05, 3.63) is 48.5 Å². The minimum atomic E-state index is -0.939. The van der Waals surface area contributed by atoms with Crippen molar-refractivity contribution in [1.82, 2.24) is 4.90 Å². The van der Waals surface area contributed by atoms with Gasteiger partial charge in [-0.2, -0.15) is 0 Å². The van der Waals surface area contributed by atoms with Crippen LogP contribution in [0.4, 0.5) is 16.2 Å². The molecule has 176 valence electrons. The van der Waals surface area contributed by atoms with E-state index in [1.165, 1.54) is 19.1 Å². The number of ether oxygens (including phenoxy) is 3. The summed E-state index contributed by atoms with van der Waals surface area (Å²) in [6.45, 7) is 3.06. The molecule has 2 aromatic carbocycles. The second kappa shape index (κ2) is 11.3. The standard InChI is InChI=1S/C24H29N3O6/c1-4-13-33-19-10-8-17(9-11-19)25-22(28)16-21-23(29)27(24(30)26(21)12-14-31-2)18-6-5-7-20(15-18)32-3/h5-11,15,21H,4,12-14,16H2,1-3H3,(H,25,28)/t21-/m0/s1. The molecule has 4 amide bonds. The summed E-state index contributed by atoms with van der Waals surface area (Å²) >= 11 is 0. The number of anilines is 2. The van der Waals surface area contributed by atoms with Crippen LogP contribution in [-0.4, -0.2) is 62.8 Å². The molecule has 1 saturated heterocycles. The number of benzene rings is 2. The Kier molecular flexibility index (Phi) is 8.26. The van der Waals surface area contributed by atoms with Gasteiger partial charge in [-0.25, -0.2) is 9.69 Å². The summed E-state index contributed by atoms with van der Waals surface area (Å²) in [5.74, 6) is 0.385. The van der Waals surface area contributed by atoms with Crippen LogP contribution in [0, 0.1) is 0 Å². The SMILES string of the molecule is CCCOc1ccc(NC(=O)C[C@H]2C(=O)N(c3cccc(OC)c3)C(=O)N2CCOC)cc1. The van der Waals surface area contributed by atoms with Gasteiger partial charge in [-0.15, -0.1) is 0 Å². The summed E-state index contributed by atoms with van der Waals surface area (Å²) in [4.78, 5) is 41.5. The predicted molar refractivity (Wildman–Crippen MR) is 124 cm³/mol.